The van der Waals surface area contributed by atoms with Gasteiger partial charge < -0.3 is 5.11 Å². The monoisotopic (exact) mass is 260 g/mol. The molecule has 0 bridgehead atoms. The maximum atomic E-state index is 12.6. The smallest absolute Gasteiger partial charge is 0.307 e. The molecule has 0 saturated heterocycles. The van der Waals surface area contributed by atoms with Crippen molar-refractivity contribution in [2.45, 2.75) is 39.5 Å². The zero-order valence-corrected chi connectivity index (χ0v) is 11.5. The van der Waals surface area contributed by atoms with Crippen molar-refractivity contribution in [3.05, 3.63) is 34.9 Å². The molecule has 0 unspecified atom stereocenters. The number of hydrogen-bond acceptors (Lipinski definition) is 2. The Balaban J connectivity index is 2.31. The summed E-state index contributed by atoms with van der Waals surface area (Å²) >= 11 is 0. The molecule has 1 aliphatic rings. The van der Waals surface area contributed by atoms with E-state index in [9.17, 15) is 14.7 Å². The molecular formula is C16H20O3. The number of rotatable bonds is 3. The number of aliphatic carboxylic acids is 1. The van der Waals surface area contributed by atoms with Crippen molar-refractivity contribution in [2.75, 3.05) is 0 Å². The molecule has 2 atom stereocenters. The molecule has 1 aliphatic carbocycles. The van der Waals surface area contributed by atoms with Gasteiger partial charge in [-0.1, -0.05) is 31.0 Å². The molecule has 2 rings (SSSR count). The lowest BCUT2D eigenvalue weighted by Gasteiger charge is -2.28. The van der Waals surface area contributed by atoms with Gasteiger partial charge in [0.15, 0.2) is 5.78 Å². The summed E-state index contributed by atoms with van der Waals surface area (Å²) in [6, 6.07) is 5.66. The topological polar surface area (TPSA) is 54.4 Å². The Labute approximate surface area is 113 Å². The Morgan fingerprint density at radius 2 is 1.74 bits per heavy atom. The minimum atomic E-state index is -0.830. The SMILES string of the molecule is Cc1cccc(C(=O)[C@@H]2CCCC[C@@H]2C(=O)O)c1C. The first-order valence-electron chi connectivity index (χ1n) is 6.85. The Morgan fingerprint density at radius 1 is 1.11 bits per heavy atom. The third-order valence-electron chi connectivity index (χ3n) is 4.29. The van der Waals surface area contributed by atoms with Crippen LogP contribution in [0.25, 0.3) is 0 Å². The van der Waals surface area contributed by atoms with Gasteiger partial charge in [-0.25, -0.2) is 0 Å². The molecule has 0 heterocycles. The lowest BCUT2D eigenvalue weighted by molar-refractivity contribution is -0.144. The van der Waals surface area contributed by atoms with Gasteiger partial charge in [-0.15, -0.1) is 0 Å². The van der Waals surface area contributed by atoms with Crippen molar-refractivity contribution in [3.8, 4) is 0 Å². The summed E-state index contributed by atoms with van der Waals surface area (Å²) in [6.07, 6.45) is 3.18. The van der Waals surface area contributed by atoms with E-state index in [1.807, 2.05) is 32.0 Å². The van der Waals surface area contributed by atoms with Crippen LogP contribution < -0.4 is 0 Å². The zero-order chi connectivity index (χ0) is 14.0. The number of carboxylic acid groups (broad SMARTS) is 1. The maximum absolute atomic E-state index is 12.6. The lowest BCUT2D eigenvalue weighted by atomic mass is 9.75. The number of carboxylic acids is 1. The van der Waals surface area contributed by atoms with Crippen molar-refractivity contribution < 1.29 is 14.7 Å². The largest absolute Gasteiger partial charge is 0.481 e. The number of Topliss-reactive ketones (excluding diaryl/α,β-unsaturated/α-hetero) is 1. The fraction of sp³-hybridized carbons (Fsp3) is 0.500. The molecule has 0 aliphatic heterocycles. The third-order valence-corrected chi connectivity index (χ3v) is 4.29. The van der Waals surface area contributed by atoms with Crippen LogP contribution in [-0.4, -0.2) is 16.9 Å². The molecule has 1 aromatic carbocycles. The normalized spacial score (nSPS) is 23.1. The molecule has 0 spiro atoms. The van der Waals surface area contributed by atoms with Crippen LogP contribution in [0.1, 0.15) is 47.2 Å². The molecular weight excluding hydrogens is 240 g/mol. The highest BCUT2D eigenvalue weighted by Crippen LogP contribution is 2.33. The number of carbonyl (C=O) groups is 2. The van der Waals surface area contributed by atoms with Gasteiger partial charge in [0.25, 0.3) is 0 Å². The van der Waals surface area contributed by atoms with E-state index >= 15 is 0 Å². The first-order chi connectivity index (χ1) is 9.02. The van der Waals surface area contributed by atoms with Crippen molar-refractivity contribution in [1.82, 2.24) is 0 Å². The van der Waals surface area contributed by atoms with E-state index in [1.165, 1.54) is 0 Å². The number of aryl methyl sites for hydroxylation is 1. The Kier molecular flexibility index (Phi) is 4.03. The molecule has 1 aromatic rings. The van der Waals surface area contributed by atoms with E-state index < -0.39 is 11.9 Å². The highest BCUT2D eigenvalue weighted by atomic mass is 16.4. The average Bonchev–Trinajstić information content (AvgIpc) is 2.41. The number of ketones is 1. The molecule has 0 amide bonds. The van der Waals surface area contributed by atoms with Crippen molar-refractivity contribution in [3.63, 3.8) is 0 Å². The molecule has 0 radical (unpaired) electrons. The Bertz CT molecular complexity index is 505. The third kappa shape index (κ3) is 2.70. The second-order valence-corrected chi connectivity index (χ2v) is 5.45. The summed E-state index contributed by atoms with van der Waals surface area (Å²) in [4.78, 5) is 23.9. The second-order valence-electron chi connectivity index (χ2n) is 5.45. The molecule has 0 aromatic heterocycles. The minimum absolute atomic E-state index is 0.00769. The first-order valence-corrected chi connectivity index (χ1v) is 6.85. The van der Waals surface area contributed by atoms with E-state index in [0.29, 0.717) is 18.4 Å². The highest BCUT2D eigenvalue weighted by Gasteiger charge is 2.36. The van der Waals surface area contributed by atoms with E-state index in [0.717, 1.165) is 24.0 Å². The molecule has 3 heteroatoms. The summed E-state index contributed by atoms with van der Waals surface area (Å²) in [6.45, 7) is 3.91. The van der Waals surface area contributed by atoms with Gasteiger partial charge in [-0.2, -0.15) is 0 Å². The molecule has 1 N–H and O–H groups in total. The van der Waals surface area contributed by atoms with E-state index in [4.69, 9.17) is 0 Å². The van der Waals surface area contributed by atoms with Gasteiger partial charge in [0.2, 0.25) is 0 Å². The zero-order valence-electron chi connectivity index (χ0n) is 11.5. The molecule has 19 heavy (non-hydrogen) atoms. The number of benzene rings is 1. The van der Waals surface area contributed by atoms with Gasteiger partial charge >= 0.3 is 5.97 Å². The molecule has 1 saturated carbocycles. The van der Waals surface area contributed by atoms with Gasteiger partial charge in [-0.3, -0.25) is 9.59 Å². The second kappa shape index (κ2) is 5.55. The van der Waals surface area contributed by atoms with Gasteiger partial charge in [0, 0.05) is 11.5 Å². The highest BCUT2D eigenvalue weighted by molar-refractivity contribution is 6.01. The van der Waals surface area contributed by atoms with Crippen LogP contribution in [0.5, 0.6) is 0 Å². The van der Waals surface area contributed by atoms with E-state index in [-0.39, 0.29) is 11.7 Å². The van der Waals surface area contributed by atoms with Crippen LogP contribution in [-0.2, 0) is 4.79 Å². The Hall–Kier alpha value is -1.64. The van der Waals surface area contributed by atoms with E-state index in [1.54, 1.807) is 0 Å². The first kappa shape index (κ1) is 13.8. The van der Waals surface area contributed by atoms with Crippen molar-refractivity contribution in [1.29, 1.82) is 0 Å². The average molecular weight is 260 g/mol. The number of carbonyl (C=O) groups excluding carboxylic acids is 1. The minimum Gasteiger partial charge on any atom is -0.481 e. The summed E-state index contributed by atoms with van der Waals surface area (Å²) < 4.78 is 0. The fourth-order valence-corrected chi connectivity index (χ4v) is 2.96. The van der Waals surface area contributed by atoms with Crippen LogP contribution in [0.4, 0.5) is 0 Å². The predicted molar refractivity (Wildman–Crippen MR) is 73.3 cm³/mol. The van der Waals surface area contributed by atoms with Crippen LogP contribution >= 0.6 is 0 Å². The predicted octanol–water partition coefficient (Wildman–Crippen LogP) is 3.38. The quantitative estimate of drug-likeness (QED) is 0.848. The molecule has 3 nitrogen and oxygen atoms in total. The van der Waals surface area contributed by atoms with Gasteiger partial charge in [-0.05, 0) is 37.8 Å². The summed E-state index contributed by atoms with van der Waals surface area (Å²) in [5, 5.41) is 9.28. The maximum Gasteiger partial charge on any atom is 0.307 e. The number of hydrogen-bond donors (Lipinski definition) is 1. The van der Waals surface area contributed by atoms with Crippen LogP contribution in [0.3, 0.4) is 0 Å². The molecule has 102 valence electrons. The van der Waals surface area contributed by atoms with Crippen LogP contribution in [0, 0.1) is 25.7 Å². The van der Waals surface area contributed by atoms with Gasteiger partial charge in [0.05, 0.1) is 5.92 Å². The summed E-state index contributed by atoms with van der Waals surface area (Å²) in [5.41, 5.74) is 2.74. The van der Waals surface area contributed by atoms with Crippen LogP contribution in [0.2, 0.25) is 0 Å². The standard InChI is InChI=1S/C16H20O3/c1-10-6-5-9-12(11(10)2)15(17)13-7-3-4-8-14(13)16(18)19/h5-6,9,13-14H,3-4,7-8H2,1-2H3,(H,18,19)/t13-,14+/m1/s1. The van der Waals surface area contributed by atoms with Crippen LogP contribution in [0.15, 0.2) is 18.2 Å². The lowest BCUT2D eigenvalue weighted by Crippen LogP contribution is -2.33. The van der Waals surface area contributed by atoms with Gasteiger partial charge in [0.1, 0.15) is 0 Å². The summed E-state index contributed by atoms with van der Waals surface area (Å²) in [5.74, 6) is -1.69. The fourth-order valence-electron chi connectivity index (χ4n) is 2.96. The van der Waals surface area contributed by atoms with Crippen molar-refractivity contribution >= 4 is 11.8 Å². The van der Waals surface area contributed by atoms with E-state index in [2.05, 4.69) is 0 Å². The van der Waals surface area contributed by atoms with Crippen molar-refractivity contribution in [2.24, 2.45) is 11.8 Å². The molecule has 1 fully saturated rings. The summed E-state index contributed by atoms with van der Waals surface area (Å²) in [7, 11) is 0. The Morgan fingerprint density at radius 3 is 2.37 bits per heavy atom.